The number of nitrogens with zero attached hydrogens (tertiary/aromatic N) is 2. The summed E-state index contributed by atoms with van der Waals surface area (Å²) in [6, 6.07) is 3.95. The van der Waals surface area contributed by atoms with Gasteiger partial charge in [-0.3, -0.25) is 4.98 Å². The predicted molar refractivity (Wildman–Crippen MR) is 59.6 cm³/mol. The Labute approximate surface area is 90.8 Å². The summed E-state index contributed by atoms with van der Waals surface area (Å²) >= 11 is 0. The summed E-state index contributed by atoms with van der Waals surface area (Å²) in [5.74, 6) is 0. The molecule has 2 heterocycles. The lowest BCUT2D eigenvalue weighted by molar-refractivity contribution is -0.0280. The Morgan fingerprint density at radius 1 is 1.47 bits per heavy atom. The number of hydrogen-bond donors (Lipinski definition) is 1. The van der Waals surface area contributed by atoms with Gasteiger partial charge in [0.1, 0.15) is 5.60 Å². The highest BCUT2D eigenvalue weighted by Crippen LogP contribution is 2.30. The largest absolute Gasteiger partial charge is 0.384 e. The van der Waals surface area contributed by atoms with Crippen LogP contribution in [0.2, 0.25) is 0 Å². The fourth-order valence-corrected chi connectivity index (χ4v) is 2.22. The van der Waals surface area contributed by atoms with Gasteiger partial charge < -0.3 is 10.0 Å². The van der Waals surface area contributed by atoms with Crippen molar-refractivity contribution in [2.45, 2.75) is 25.4 Å². The van der Waals surface area contributed by atoms with E-state index in [1.165, 1.54) is 0 Å². The summed E-state index contributed by atoms with van der Waals surface area (Å²) in [4.78, 5) is 6.42. The molecule has 1 fully saturated rings. The summed E-state index contributed by atoms with van der Waals surface area (Å²) in [6.07, 6.45) is 3.68. The molecule has 2 rings (SSSR count). The van der Waals surface area contributed by atoms with Crippen LogP contribution in [0.1, 0.15) is 24.1 Å². The monoisotopic (exact) mass is 206 g/mol. The zero-order chi connectivity index (χ0) is 10.9. The van der Waals surface area contributed by atoms with E-state index in [0.717, 1.165) is 30.6 Å². The Balaban J connectivity index is 2.24. The molecule has 1 N–H and O–H groups in total. The number of hydrogen-bond acceptors (Lipinski definition) is 3. The Hall–Kier alpha value is -0.930. The van der Waals surface area contributed by atoms with Gasteiger partial charge in [0.05, 0.1) is 0 Å². The summed E-state index contributed by atoms with van der Waals surface area (Å²) in [5, 5.41) is 10.5. The van der Waals surface area contributed by atoms with Crippen LogP contribution in [0, 0.1) is 6.92 Å². The molecule has 3 heteroatoms. The Kier molecular flexibility index (Phi) is 2.76. The second kappa shape index (κ2) is 3.91. The third-order valence-corrected chi connectivity index (χ3v) is 3.11. The van der Waals surface area contributed by atoms with Crippen molar-refractivity contribution in [2.75, 3.05) is 20.1 Å². The third-order valence-electron chi connectivity index (χ3n) is 3.11. The number of aryl methyl sites for hydroxylation is 1. The van der Waals surface area contributed by atoms with E-state index in [1.807, 2.05) is 26.1 Å². The number of aromatic nitrogens is 1. The highest BCUT2D eigenvalue weighted by Gasteiger charge is 2.33. The van der Waals surface area contributed by atoms with E-state index < -0.39 is 5.60 Å². The zero-order valence-corrected chi connectivity index (χ0v) is 9.40. The molecule has 0 bridgehead atoms. The first-order chi connectivity index (χ1) is 7.10. The number of β-amino-alcohol motifs (C(OH)–C–C–N with tert-alkyl or cyclic N) is 1. The maximum absolute atomic E-state index is 10.5. The minimum Gasteiger partial charge on any atom is -0.384 e. The van der Waals surface area contributed by atoms with Gasteiger partial charge in [-0.05, 0) is 39.4 Å². The van der Waals surface area contributed by atoms with E-state index in [0.29, 0.717) is 6.54 Å². The topological polar surface area (TPSA) is 36.4 Å². The van der Waals surface area contributed by atoms with Crippen molar-refractivity contribution in [2.24, 2.45) is 0 Å². The number of likely N-dealkylation sites (tertiary alicyclic amines) is 1. The quantitative estimate of drug-likeness (QED) is 0.752. The second-order valence-electron chi connectivity index (χ2n) is 4.56. The van der Waals surface area contributed by atoms with Gasteiger partial charge in [0.15, 0.2) is 0 Å². The smallest absolute Gasteiger partial charge is 0.104 e. The van der Waals surface area contributed by atoms with Gasteiger partial charge >= 0.3 is 0 Å². The molecule has 1 aromatic rings. The highest BCUT2D eigenvalue weighted by molar-refractivity contribution is 5.21. The molecule has 1 unspecified atom stereocenters. The van der Waals surface area contributed by atoms with Gasteiger partial charge in [0.25, 0.3) is 0 Å². The summed E-state index contributed by atoms with van der Waals surface area (Å²) in [7, 11) is 2.05. The molecule has 0 spiro atoms. The molecular formula is C12H18N2O. The van der Waals surface area contributed by atoms with E-state index in [2.05, 4.69) is 9.88 Å². The first-order valence-corrected chi connectivity index (χ1v) is 5.44. The lowest BCUT2D eigenvalue weighted by atomic mass is 9.87. The van der Waals surface area contributed by atoms with Crippen molar-refractivity contribution in [3.05, 3.63) is 29.6 Å². The molecule has 1 aliphatic rings. The molecule has 1 saturated heterocycles. The van der Waals surface area contributed by atoms with Crippen LogP contribution < -0.4 is 0 Å². The van der Waals surface area contributed by atoms with Crippen molar-refractivity contribution >= 4 is 0 Å². The lowest BCUT2D eigenvalue weighted by Gasteiger charge is -2.37. The molecule has 1 aliphatic heterocycles. The van der Waals surface area contributed by atoms with Crippen molar-refractivity contribution < 1.29 is 5.11 Å². The summed E-state index contributed by atoms with van der Waals surface area (Å²) in [6.45, 7) is 3.74. The van der Waals surface area contributed by atoms with E-state index in [-0.39, 0.29) is 0 Å². The predicted octanol–water partition coefficient (Wildman–Crippen LogP) is 1.30. The molecule has 15 heavy (non-hydrogen) atoms. The number of likely N-dealkylation sites (N-methyl/N-ethyl adjacent to an activating group) is 1. The van der Waals surface area contributed by atoms with Crippen LogP contribution in [0.5, 0.6) is 0 Å². The Bertz CT molecular complexity index is 336. The van der Waals surface area contributed by atoms with E-state index >= 15 is 0 Å². The molecule has 1 atom stereocenters. The maximum atomic E-state index is 10.5. The minimum atomic E-state index is -0.701. The number of rotatable bonds is 1. The van der Waals surface area contributed by atoms with Gasteiger partial charge in [-0.25, -0.2) is 0 Å². The minimum absolute atomic E-state index is 0.701. The van der Waals surface area contributed by atoms with Crippen LogP contribution in [-0.4, -0.2) is 35.1 Å². The Morgan fingerprint density at radius 2 is 2.27 bits per heavy atom. The van der Waals surface area contributed by atoms with Crippen LogP contribution in [0.3, 0.4) is 0 Å². The van der Waals surface area contributed by atoms with Gasteiger partial charge in [0.2, 0.25) is 0 Å². The molecule has 0 saturated carbocycles. The van der Waals surface area contributed by atoms with Gasteiger partial charge in [-0.1, -0.05) is 6.07 Å². The van der Waals surface area contributed by atoms with E-state index in [9.17, 15) is 5.11 Å². The SMILES string of the molecule is Cc1ccc(C2(O)CCCN(C)C2)cn1. The van der Waals surface area contributed by atoms with Crippen LogP contribution in [0.25, 0.3) is 0 Å². The Morgan fingerprint density at radius 3 is 2.87 bits per heavy atom. The molecule has 1 aromatic heterocycles. The molecular weight excluding hydrogens is 188 g/mol. The fraction of sp³-hybridized carbons (Fsp3) is 0.583. The van der Waals surface area contributed by atoms with Crippen LogP contribution >= 0.6 is 0 Å². The fourth-order valence-electron chi connectivity index (χ4n) is 2.22. The van der Waals surface area contributed by atoms with Crippen molar-refractivity contribution in [1.29, 1.82) is 0 Å². The normalized spacial score (nSPS) is 27.9. The third kappa shape index (κ3) is 2.19. The zero-order valence-electron chi connectivity index (χ0n) is 9.40. The summed E-state index contributed by atoms with van der Waals surface area (Å²) in [5.41, 5.74) is 1.24. The first-order valence-electron chi connectivity index (χ1n) is 5.44. The number of aliphatic hydroxyl groups is 1. The van der Waals surface area contributed by atoms with Crippen LogP contribution in [0.4, 0.5) is 0 Å². The number of pyridine rings is 1. The lowest BCUT2D eigenvalue weighted by Crippen LogP contribution is -2.44. The average Bonchev–Trinajstić information content (AvgIpc) is 2.18. The second-order valence-corrected chi connectivity index (χ2v) is 4.56. The van der Waals surface area contributed by atoms with Gasteiger partial charge in [-0.15, -0.1) is 0 Å². The number of piperidine rings is 1. The molecule has 0 aromatic carbocycles. The van der Waals surface area contributed by atoms with Gasteiger partial charge in [0, 0.05) is 24.0 Å². The van der Waals surface area contributed by atoms with E-state index in [4.69, 9.17) is 0 Å². The van der Waals surface area contributed by atoms with Crippen molar-refractivity contribution in [3.8, 4) is 0 Å². The van der Waals surface area contributed by atoms with Crippen molar-refractivity contribution in [3.63, 3.8) is 0 Å². The molecule has 0 amide bonds. The van der Waals surface area contributed by atoms with Crippen LogP contribution in [-0.2, 0) is 5.60 Å². The molecule has 0 aliphatic carbocycles. The molecule has 3 nitrogen and oxygen atoms in total. The first kappa shape index (κ1) is 10.6. The van der Waals surface area contributed by atoms with Crippen molar-refractivity contribution in [1.82, 2.24) is 9.88 Å². The van der Waals surface area contributed by atoms with Crippen LogP contribution in [0.15, 0.2) is 18.3 Å². The van der Waals surface area contributed by atoms with Gasteiger partial charge in [-0.2, -0.15) is 0 Å². The highest BCUT2D eigenvalue weighted by atomic mass is 16.3. The maximum Gasteiger partial charge on any atom is 0.104 e. The molecule has 82 valence electrons. The standard InChI is InChI=1S/C12H18N2O/c1-10-4-5-11(8-13-10)12(15)6-3-7-14(2)9-12/h4-5,8,15H,3,6-7,9H2,1-2H3. The summed E-state index contributed by atoms with van der Waals surface area (Å²) < 4.78 is 0. The van der Waals surface area contributed by atoms with E-state index in [1.54, 1.807) is 6.20 Å². The molecule has 0 radical (unpaired) electrons. The average molecular weight is 206 g/mol.